The number of nitrogens with zero attached hydrogens (tertiary/aromatic N) is 3. The highest BCUT2D eigenvalue weighted by Gasteiger charge is 2.33. The molecule has 0 amide bonds. The molecule has 0 unspecified atom stereocenters. The highest BCUT2D eigenvalue weighted by molar-refractivity contribution is 7.07. The van der Waals surface area contributed by atoms with Gasteiger partial charge in [0.2, 0.25) is 0 Å². The number of allylic oxidation sites excluding steroid dienone is 1. The quantitative estimate of drug-likeness (QED) is 0.458. The van der Waals surface area contributed by atoms with Crippen LogP contribution in [0.2, 0.25) is 0 Å². The predicted octanol–water partition coefficient (Wildman–Crippen LogP) is 2.88. The lowest BCUT2D eigenvalue weighted by atomic mass is 9.95. The van der Waals surface area contributed by atoms with Gasteiger partial charge in [-0.15, -0.1) is 0 Å². The molecule has 3 aromatic rings. The lowest BCUT2D eigenvalue weighted by Crippen LogP contribution is -2.40. The Kier molecular flexibility index (Phi) is 7.30. The molecule has 1 aromatic heterocycles. The Hall–Kier alpha value is -3.85. The molecule has 1 aliphatic rings. The van der Waals surface area contributed by atoms with E-state index < -0.39 is 12.0 Å². The Morgan fingerprint density at radius 3 is 2.47 bits per heavy atom. The first-order valence-electron chi connectivity index (χ1n) is 11.5. The number of carbonyl (C=O) groups excluding carboxylic acids is 1. The number of methoxy groups -OCH3 is 2. The average molecular weight is 508 g/mol. The molecule has 0 fully saturated rings. The second kappa shape index (κ2) is 10.4. The summed E-state index contributed by atoms with van der Waals surface area (Å²) in [5, 5.41) is 0. The number of anilines is 1. The Bertz CT molecular complexity index is 1500. The van der Waals surface area contributed by atoms with E-state index in [1.54, 1.807) is 44.8 Å². The molecule has 2 heterocycles. The van der Waals surface area contributed by atoms with Crippen molar-refractivity contribution in [2.45, 2.75) is 19.9 Å². The minimum Gasteiger partial charge on any atom is -0.497 e. The van der Waals surface area contributed by atoms with Crippen LogP contribution in [0.1, 0.15) is 31.0 Å². The summed E-state index contributed by atoms with van der Waals surface area (Å²) in [6, 6.07) is 12.5. The number of carbonyl (C=O) groups is 1. The Balaban J connectivity index is 1.93. The van der Waals surface area contributed by atoms with Crippen LogP contribution in [0.4, 0.5) is 5.69 Å². The molecule has 0 aliphatic carbocycles. The number of rotatable bonds is 7. The zero-order valence-electron chi connectivity index (χ0n) is 21.2. The van der Waals surface area contributed by atoms with Gasteiger partial charge >= 0.3 is 5.97 Å². The van der Waals surface area contributed by atoms with Crippen molar-refractivity contribution in [1.29, 1.82) is 0 Å². The Labute approximate surface area is 213 Å². The van der Waals surface area contributed by atoms with Gasteiger partial charge in [0, 0.05) is 31.4 Å². The number of benzene rings is 2. The summed E-state index contributed by atoms with van der Waals surface area (Å²) in [6.45, 7) is 3.76. The van der Waals surface area contributed by atoms with Crippen LogP contribution in [0.25, 0.3) is 6.08 Å². The number of fused-ring (bicyclic) bond motifs is 1. The van der Waals surface area contributed by atoms with Crippen molar-refractivity contribution in [2.24, 2.45) is 4.99 Å². The fraction of sp³-hybridized carbons (Fsp3) is 0.296. The summed E-state index contributed by atoms with van der Waals surface area (Å²) in [6.07, 6.45) is 1.78. The average Bonchev–Trinajstić information content (AvgIpc) is 3.17. The first-order valence-corrected chi connectivity index (χ1v) is 12.3. The van der Waals surface area contributed by atoms with Crippen molar-refractivity contribution in [3.63, 3.8) is 0 Å². The number of thiazole rings is 1. The van der Waals surface area contributed by atoms with Crippen LogP contribution in [0.5, 0.6) is 11.5 Å². The molecular weight excluding hydrogens is 478 g/mol. The van der Waals surface area contributed by atoms with E-state index in [4.69, 9.17) is 14.2 Å². The Morgan fingerprint density at radius 2 is 1.86 bits per heavy atom. The van der Waals surface area contributed by atoms with Gasteiger partial charge in [0.1, 0.15) is 11.5 Å². The van der Waals surface area contributed by atoms with Crippen molar-refractivity contribution in [2.75, 3.05) is 39.8 Å². The van der Waals surface area contributed by atoms with Gasteiger partial charge in [-0.3, -0.25) is 9.36 Å². The monoisotopic (exact) mass is 507 g/mol. The van der Waals surface area contributed by atoms with Crippen LogP contribution in [0.3, 0.4) is 0 Å². The van der Waals surface area contributed by atoms with Gasteiger partial charge in [0.05, 0.1) is 42.7 Å². The maximum Gasteiger partial charge on any atom is 0.338 e. The minimum atomic E-state index is -0.656. The molecule has 36 heavy (non-hydrogen) atoms. The molecule has 188 valence electrons. The van der Waals surface area contributed by atoms with E-state index in [1.165, 1.54) is 11.3 Å². The standard InChI is InChI=1S/C27H29N3O5S/c1-7-35-26(32)23-16(2)28-27-30(24(23)17-8-11-19(12-9-17)29(3)4)25(31)22(36-27)14-18-10-13-20(33-5)15-21(18)34-6/h8-15,24H,7H2,1-6H3/t24-/m0/s1. The third-order valence-electron chi connectivity index (χ3n) is 5.97. The first kappa shape index (κ1) is 25.2. The zero-order valence-corrected chi connectivity index (χ0v) is 22.0. The number of esters is 1. The molecule has 2 aromatic carbocycles. The van der Waals surface area contributed by atoms with E-state index in [2.05, 4.69) is 4.99 Å². The summed E-state index contributed by atoms with van der Waals surface area (Å²) in [4.78, 5) is 33.9. The summed E-state index contributed by atoms with van der Waals surface area (Å²) in [5.41, 5.74) is 3.19. The fourth-order valence-electron chi connectivity index (χ4n) is 4.14. The van der Waals surface area contributed by atoms with Gasteiger partial charge in [0.15, 0.2) is 4.80 Å². The molecular formula is C27H29N3O5S. The number of ether oxygens (including phenoxy) is 3. The van der Waals surface area contributed by atoms with Crippen molar-refractivity contribution in [3.8, 4) is 11.5 Å². The molecule has 0 radical (unpaired) electrons. The molecule has 4 rings (SSSR count). The van der Waals surface area contributed by atoms with Gasteiger partial charge in [-0.2, -0.15) is 0 Å². The van der Waals surface area contributed by atoms with Gasteiger partial charge < -0.3 is 19.1 Å². The normalized spacial score (nSPS) is 15.3. The van der Waals surface area contributed by atoms with Crippen LogP contribution in [0.15, 0.2) is 63.5 Å². The second-order valence-electron chi connectivity index (χ2n) is 8.40. The van der Waals surface area contributed by atoms with Crippen molar-refractivity contribution < 1.29 is 19.0 Å². The van der Waals surface area contributed by atoms with Crippen LogP contribution >= 0.6 is 11.3 Å². The van der Waals surface area contributed by atoms with Gasteiger partial charge in [-0.05, 0) is 49.8 Å². The van der Waals surface area contributed by atoms with E-state index >= 15 is 0 Å². The molecule has 0 saturated carbocycles. The van der Waals surface area contributed by atoms with Crippen LogP contribution < -0.4 is 29.3 Å². The number of aromatic nitrogens is 1. The first-order chi connectivity index (χ1) is 17.3. The van der Waals surface area contributed by atoms with E-state index in [0.29, 0.717) is 32.1 Å². The molecule has 0 bridgehead atoms. The topological polar surface area (TPSA) is 82.4 Å². The van der Waals surface area contributed by atoms with E-state index in [1.807, 2.05) is 55.4 Å². The van der Waals surface area contributed by atoms with E-state index in [-0.39, 0.29) is 12.2 Å². The number of hydrogen-bond acceptors (Lipinski definition) is 8. The summed E-state index contributed by atoms with van der Waals surface area (Å²) in [7, 11) is 7.07. The van der Waals surface area contributed by atoms with E-state index in [0.717, 1.165) is 16.8 Å². The van der Waals surface area contributed by atoms with Crippen molar-refractivity contribution in [1.82, 2.24) is 4.57 Å². The molecule has 1 atom stereocenters. The molecule has 1 aliphatic heterocycles. The van der Waals surface area contributed by atoms with Gasteiger partial charge in [-0.1, -0.05) is 23.5 Å². The molecule has 0 saturated heterocycles. The zero-order chi connectivity index (χ0) is 26.0. The highest BCUT2D eigenvalue weighted by atomic mass is 32.1. The maximum atomic E-state index is 13.8. The summed E-state index contributed by atoms with van der Waals surface area (Å²) >= 11 is 1.27. The third kappa shape index (κ3) is 4.66. The van der Waals surface area contributed by atoms with Crippen LogP contribution in [0, 0.1) is 0 Å². The SMILES string of the molecule is CCOC(=O)C1=C(C)N=c2sc(=Cc3ccc(OC)cc3OC)c(=O)n2[C@H]1c1ccc(N(C)C)cc1. The molecule has 0 spiro atoms. The molecule has 8 nitrogen and oxygen atoms in total. The third-order valence-corrected chi connectivity index (χ3v) is 6.95. The van der Waals surface area contributed by atoms with Crippen molar-refractivity contribution >= 4 is 29.1 Å². The van der Waals surface area contributed by atoms with E-state index in [9.17, 15) is 9.59 Å². The largest absolute Gasteiger partial charge is 0.497 e. The Morgan fingerprint density at radius 1 is 1.14 bits per heavy atom. The van der Waals surface area contributed by atoms with Gasteiger partial charge in [0.25, 0.3) is 5.56 Å². The summed E-state index contributed by atoms with van der Waals surface area (Å²) < 4.78 is 18.2. The van der Waals surface area contributed by atoms with Crippen LogP contribution in [-0.2, 0) is 9.53 Å². The minimum absolute atomic E-state index is 0.226. The lowest BCUT2D eigenvalue weighted by Gasteiger charge is -2.25. The molecule has 0 N–H and O–H groups in total. The summed E-state index contributed by atoms with van der Waals surface area (Å²) in [5.74, 6) is 0.757. The molecule has 9 heteroatoms. The second-order valence-corrected chi connectivity index (χ2v) is 9.41. The van der Waals surface area contributed by atoms with Crippen molar-refractivity contribution in [3.05, 3.63) is 84.5 Å². The number of hydrogen-bond donors (Lipinski definition) is 0. The smallest absolute Gasteiger partial charge is 0.338 e. The maximum absolute atomic E-state index is 13.8. The highest BCUT2D eigenvalue weighted by Crippen LogP contribution is 2.32. The predicted molar refractivity (Wildman–Crippen MR) is 141 cm³/mol. The lowest BCUT2D eigenvalue weighted by molar-refractivity contribution is -0.139. The van der Waals surface area contributed by atoms with Gasteiger partial charge in [-0.25, -0.2) is 9.79 Å². The van der Waals surface area contributed by atoms with Crippen LogP contribution in [-0.4, -0.2) is 45.5 Å². The fourth-order valence-corrected chi connectivity index (χ4v) is 5.18.